The van der Waals surface area contributed by atoms with Gasteiger partial charge in [0.05, 0.1) is 22.8 Å². The SMILES string of the molecule is CCCOC(=O)CN1C(=O)/C(=C2/C(=O)N(CC)c3ccc(Br)cc32)SC1=S. The molecule has 2 aliphatic rings. The summed E-state index contributed by atoms with van der Waals surface area (Å²) in [4.78, 5) is 40.8. The van der Waals surface area contributed by atoms with Gasteiger partial charge in [0, 0.05) is 16.6 Å². The van der Waals surface area contributed by atoms with Gasteiger partial charge >= 0.3 is 5.97 Å². The van der Waals surface area contributed by atoms with Gasteiger partial charge in [0.25, 0.3) is 11.8 Å². The molecule has 1 aromatic rings. The van der Waals surface area contributed by atoms with Crippen molar-refractivity contribution in [1.82, 2.24) is 4.90 Å². The smallest absolute Gasteiger partial charge is 0.326 e. The number of ether oxygens (including phenoxy) is 1. The van der Waals surface area contributed by atoms with Crippen LogP contribution in [0.4, 0.5) is 5.69 Å². The molecule has 3 rings (SSSR count). The topological polar surface area (TPSA) is 66.9 Å². The Morgan fingerprint density at radius 1 is 1.22 bits per heavy atom. The van der Waals surface area contributed by atoms with Crippen molar-refractivity contribution in [3.8, 4) is 0 Å². The number of carbonyl (C=O) groups is 3. The summed E-state index contributed by atoms with van der Waals surface area (Å²) >= 11 is 9.74. The third-order valence-electron chi connectivity index (χ3n) is 4.12. The Kier molecular flexibility index (Phi) is 6.02. The fourth-order valence-electron chi connectivity index (χ4n) is 2.91. The Balaban J connectivity index is 1.98. The quantitative estimate of drug-likeness (QED) is 0.375. The van der Waals surface area contributed by atoms with Crippen LogP contribution in [0.15, 0.2) is 27.6 Å². The molecule has 0 radical (unpaired) electrons. The number of amides is 2. The standard InChI is InChI=1S/C18H17BrN2O4S2/c1-3-7-25-13(22)9-21-17(24)15(27-18(21)26)14-11-8-10(19)5-6-12(11)20(4-2)16(14)23/h5-6,8H,3-4,7,9H2,1-2H3/b15-14-. The molecule has 0 spiro atoms. The zero-order chi connectivity index (χ0) is 19.7. The molecule has 0 unspecified atom stereocenters. The van der Waals surface area contributed by atoms with Crippen LogP contribution in [0.2, 0.25) is 0 Å². The normalized spacial score (nSPS) is 19.1. The van der Waals surface area contributed by atoms with E-state index in [1.54, 1.807) is 4.90 Å². The first-order valence-electron chi connectivity index (χ1n) is 8.44. The molecule has 6 nitrogen and oxygen atoms in total. The molecule has 0 atom stereocenters. The molecular formula is C18H17BrN2O4S2. The van der Waals surface area contributed by atoms with Gasteiger partial charge in [-0.1, -0.05) is 46.8 Å². The van der Waals surface area contributed by atoms with Gasteiger partial charge in [0.15, 0.2) is 0 Å². The summed E-state index contributed by atoms with van der Waals surface area (Å²) < 4.78 is 6.09. The number of hydrogen-bond acceptors (Lipinski definition) is 6. The maximum atomic E-state index is 12.9. The zero-order valence-corrected chi connectivity index (χ0v) is 18.0. The van der Waals surface area contributed by atoms with Crippen molar-refractivity contribution >= 4 is 73.3 Å². The van der Waals surface area contributed by atoms with Crippen molar-refractivity contribution < 1.29 is 19.1 Å². The van der Waals surface area contributed by atoms with Crippen molar-refractivity contribution in [1.29, 1.82) is 0 Å². The molecule has 2 heterocycles. The molecule has 142 valence electrons. The number of anilines is 1. The number of halogens is 1. The van der Waals surface area contributed by atoms with Crippen molar-refractivity contribution in [2.45, 2.75) is 20.3 Å². The Morgan fingerprint density at radius 3 is 2.63 bits per heavy atom. The molecular weight excluding hydrogens is 452 g/mol. The van der Waals surface area contributed by atoms with Crippen LogP contribution in [0.1, 0.15) is 25.8 Å². The first kappa shape index (κ1) is 20.0. The predicted octanol–water partition coefficient (Wildman–Crippen LogP) is 3.34. The number of thiocarbonyl (C=S) groups is 1. The van der Waals surface area contributed by atoms with E-state index in [2.05, 4.69) is 15.9 Å². The maximum absolute atomic E-state index is 12.9. The second kappa shape index (κ2) is 8.12. The second-order valence-electron chi connectivity index (χ2n) is 5.89. The van der Waals surface area contributed by atoms with Gasteiger partial charge in [-0.3, -0.25) is 19.3 Å². The Morgan fingerprint density at radius 2 is 1.96 bits per heavy atom. The highest BCUT2D eigenvalue weighted by molar-refractivity contribution is 9.10. The molecule has 0 N–H and O–H groups in total. The molecule has 9 heteroatoms. The minimum absolute atomic E-state index is 0.236. The highest BCUT2D eigenvalue weighted by atomic mass is 79.9. The molecule has 0 saturated carbocycles. The molecule has 1 saturated heterocycles. The fraction of sp³-hybridized carbons (Fsp3) is 0.333. The Bertz CT molecular complexity index is 884. The third kappa shape index (κ3) is 3.68. The molecule has 0 aliphatic carbocycles. The van der Waals surface area contributed by atoms with Gasteiger partial charge in [0.1, 0.15) is 10.9 Å². The van der Waals surface area contributed by atoms with E-state index < -0.39 is 11.9 Å². The minimum atomic E-state index is -0.518. The number of hydrogen-bond donors (Lipinski definition) is 0. The van der Waals surface area contributed by atoms with Crippen molar-refractivity contribution in [3.05, 3.63) is 33.1 Å². The van der Waals surface area contributed by atoms with Crippen LogP contribution >= 0.6 is 39.9 Å². The van der Waals surface area contributed by atoms with Crippen LogP contribution < -0.4 is 4.90 Å². The van der Waals surface area contributed by atoms with E-state index in [0.717, 1.165) is 21.9 Å². The number of rotatable bonds is 5. The predicted molar refractivity (Wildman–Crippen MR) is 112 cm³/mol. The number of likely N-dealkylation sites (N-methyl/N-ethyl adjacent to an activating group) is 1. The van der Waals surface area contributed by atoms with E-state index in [1.165, 1.54) is 4.90 Å². The lowest BCUT2D eigenvalue weighted by Gasteiger charge is -2.14. The number of benzene rings is 1. The van der Waals surface area contributed by atoms with Gasteiger partial charge in [-0.15, -0.1) is 0 Å². The number of thioether (sulfide) groups is 1. The Hall–Kier alpha value is -1.71. The number of carbonyl (C=O) groups excluding carboxylic acids is 3. The molecule has 0 aromatic heterocycles. The number of fused-ring (bicyclic) bond motifs is 1. The lowest BCUT2D eigenvalue weighted by Crippen LogP contribution is -2.34. The molecule has 1 aromatic carbocycles. The molecule has 1 fully saturated rings. The van der Waals surface area contributed by atoms with Gasteiger partial charge in [-0.2, -0.15) is 0 Å². The van der Waals surface area contributed by atoms with Crippen LogP contribution in [-0.4, -0.2) is 46.7 Å². The fourth-order valence-corrected chi connectivity index (χ4v) is 4.60. The van der Waals surface area contributed by atoms with Crippen molar-refractivity contribution in [3.63, 3.8) is 0 Å². The van der Waals surface area contributed by atoms with Gasteiger partial charge in [-0.25, -0.2) is 0 Å². The summed E-state index contributed by atoms with van der Waals surface area (Å²) in [7, 11) is 0. The summed E-state index contributed by atoms with van der Waals surface area (Å²) in [6.07, 6.45) is 0.696. The van der Waals surface area contributed by atoms with Gasteiger partial charge < -0.3 is 9.64 Å². The average molecular weight is 469 g/mol. The van der Waals surface area contributed by atoms with Crippen LogP contribution in [0.3, 0.4) is 0 Å². The van der Waals surface area contributed by atoms with Crippen LogP contribution in [0, 0.1) is 0 Å². The zero-order valence-electron chi connectivity index (χ0n) is 14.8. The van der Waals surface area contributed by atoms with E-state index in [4.69, 9.17) is 17.0 Å². The lowest BCUT2D eigenvalue weighted by molar-refractivity contribution is -0.146. The monoisotopic (exact) mass is 468 g/mol. The highest BCUT2D eigenvalue weighted by Gasteiger charge is 2.42. The van der Waals surface area contributed by atoms with E-state index in [-0.39, 0.29) is 21.7 Å². The van der Waals surface area contributed by atoms with Crippen LogP contribution in [0.5, 0.6) is 0 Å². The minimum Gasteiger partial charge on any atom is -0.464 e. The summed E-state index contributed by atoms with van der Waals surface area (Å²) in [5.41, 5.74) is 1.77. The average Bonchev–Trinajstić information content (AvgIpc) is 3.06. The van der Waals surface area contributed by atoms with Crippen LogP contribution in [0.25, 0.3) is 5.57 Å². The summed E-state index contributed by atoms with van der Waals surface area (Å²) in [5.74, 6) is -1.19. The van der Waals surface area contributed by atoms with Crippen LogP contribution in [-0.2, 0) is 19.1 Å². The second-order valence-corrected chi connectivity index (χ2v) is 8.45. The number of esters is 1. The van der Waals surface area contributed by atoms with E-state index in [9.17, 15) is 14.4 Å². The summed E-state index contributed by atoms with van der Waals surface area (Å²) in [6.45, 7) is 4.29. The van der Waals surface area contributed by atoms with Gasteiger partial charge in [0.2, 0.25) is 0 Å². The van der Waals surface area contributed by atoms with E-state index in [1.807, 2.05) is 32.0 Å². The van der Waals surface area contributed by atoms with Gasteiger partial charge in [-0.05, 0) is 31.5 Å². The lowest BCUT2D eigenvalue weighted by atomic mass is 10.1. The first-order chi connectivity index (χ1) is 12.9. The molecule has 2 amide bonds. The van der Waals surface area contributed by atoms with E-state index >= 15 is 0 Å². The highest BCUT2D eigenvalue weighted by Crippen LogP contribution is 2.45. The molecule has 2 aliphatic heterocycles. The largest absolute Gasteiger partial charge is 0.464 e. The Labute approximate surface area is 175 Å². The molecule has 27 heavy (non-hydrogen) atoms. The summed E-state index contributed by atoms with van der Waals surface area (Å²) in [6, 6.07) is 5.52. The molecule has 0 bridgehead atoms. The van der Waals surface area contributed by atoms with Crippen molar-refractivity contribution in [2.24, 2.45) is 0 Å². The maximum Gasteiger partial charge on any atom is 0.326 e. The number of nitrogens with zero attached hydrogens (tertiary/aromatic N) is 2. The third-order valence-corrected chi connectivity index (χ3v) is 6.07. The van der Waals surface area contributed by atoms with E-state index in [0.29, 0.717) is 30.7 Å². The summed E-state index contributed by atoms with van der Waals surface area (Å²) in [5, 5.41) is 0. The van der Waals surface area contributed by atoms with Crippen molar-refractivity contribution in [2.75, 3.05) is 24.6 Å². The first-order valence-corrected chi connectivity index (χ1v) is 10.5.